The normalized spacial score (nSPS) is 14.5. The lowest BCUT2D eigenvalue weighted by Crippen LogP contribution is -2.26. The molecule has 0 N–H and O–H groups in total. The van der Waals surface area contributed by atoms with Crippen LogP contribution in [0.15, 0.2) is 82.7 Å². The van der Waals surface area contributed by atoms with Gasteiger partial charge in [-0.1, -0.05) is 17.7 Å². The number of allylic oxidation sites excluding steroid dienone is 1. The molecule has 158 valence electrons. The zero-order valence-electron chi connectivity index (χ0n) is 17.0. The van der Waals surface area contributed by atoms with Crippen LogP contribution in [-0.2, 0) is 9.84 Å². The van der Waals surface area contributed by atoms with E-state index < -0.39 is 21.4 Å². The largest absolute Gasteiger partial charge is 0.494 e. The molecular weight excluding hydrogens is 417 g/mol. The summed E-state index contributed by atoms with van der Waals surface area (Å²) in [5.74, 6) is -0.627. The molecule has 31 heavy (non-hydrogen) atoms. The molecule has 0 unspecified atom stereocenters. The van der Waals surface area contributed by atoms with Crippen LogP contribution in [0.3, 0.4) is 0 Å². The second-order valence-corrected chi connectivity index (χ2v) is 8.99. The Hall–Kier alpha value is -3.45. The maximum absolute atomic E-state index is 14.0. The second kappa shape index (κ2) is 8.00. The molecule has 0 fully saturated rings. The number of hydrogen-bond donors (Lipinski definition) is 0. The Labute approximate surface area is 180 Å². The minimum atomic E-state index is -4.14. The average Bonchev–Trinajstić information content (AvgIpc) is 2.75. The van der Waals surface area contributed by atoms with Crippen molar-refractivity contribution in [2.75, 3.05) is 11.5 Å². The molecule has 3 aromatic carbocycles. The third-order valence-corrected chi connectivity index (χ3v) is 6.76. The number of fused-ring (bicyclic) bond motifs is 1. The molecule has 0 aliphatic carbocycles. The molecule has 5 nitrogen and oxygen atoms in total. The lowest BCUT2D eigenvalue weighted by atomic mass is 10.1. The average molecular weight is 437 g/mol. The Bertz CT molecular complexity index is 1280. The van der Waals surface area contributed by atoms with Crippen LogP contribution in [0.5, 0.6) is 5.75 Å². The van der Waals surface area contributed by atoms with E-state index >= 15 is 0 Å². The Balaban J connectivity index is 1.85. The van der Waals surface area contributed by atoms with Crippen molar-refractivity contribution in [2.45, 2.75) is 18.7 Å². The molecule has 0 aromatic heterocycles. The van der Waals surface area contributed by atoms with Crippen molar-refractivity contribution in [1.29, 1.82) is 0 Å². The van der Waals surface area contributed by atoms with Crippen LogP contribution in [-0.4, -0.2) is 20.8 Å². The first-order valence-electron chi connectivity index (χ1n) is 9.71. The van der Waals surface area contributed by atoms with Gasteiger partial charge in [-0.3, -0.25) is 4.79 Å². The van der Waals surface area contributed by atoms with Crippen LogP contribution in [0.1, 0.15) is 22.8 Å². The van der Waals surface area contributed by atoms with Gasteiger partial charge in [0.25, 0.3) is 0 Å². The fraction of sp³-hybridized carbons (Fsp3) is 0.125. The number of halogens is 1. The number of rotatable bonds is 5. The number of anilines is 2. The number of nitrogens with zero attached hydrogens (tertiary/aromatic N) is 1. The van der Waals surface area contributed by atoms with Gasteiger partial charge < -0.3 is 9.64 Å². The molecule has 3 aromatic rings. The van der Waals surface area contributed by atoms with Gasteiger partial charge in [0.2, 0.25) is 15.6 Å². The number of ketones is 1. The summed E-state index contributed by atoms with van der Waals surface area (Å²) in [6.45, 7) is 4.25. The van der Waals surface area contributed by atoms with Crippen molar-refractivity contribution in [3.8, 4) is 5.75 Å². The number of carbonyl (C=O) groups is 1. The fourth-order valence-corrected chi connectivity index (χ4v) is 4.91. The first-order chi connectivity index (χ1) is 14.8. The third-order valence-electron chi connectivity index (χ3n) is 4.97. The molecule has 0 amide bonds. The zero-order valence-corrected chi connectivity index (χ0v) is 17.8. The van der Waals surface area contributed by atoms with E-state index in [1.807, 2.05) is 26.0 Å². The molecule has 4 rings (SSSR count). The summed E-state index contributed by atoms with van der Waals surface area (Å²) in [4.78, 5) is 14.2. The van der Waals surface area contributed by atoms with Gasteiger partial charge in [-0.25, -0.2) is 12.8 Å². The predicted molar refractivity (Wildman–Crippen MR) is 117 cm³/mol. The van der Waals surface area contributed by atoms with E-state index in [-0.39, 0.29) is 21.1 Å². The van der Waals surface area contributed by atoms with Gasteiger partial charge in [0.1, 0.15) is 16.5 Å². The highest BCUT2D eigenvalue weighted by Crippen LogP contribution is 2.40. The summed E-state index contributed by atoms with van der Waals surface area (Å²) in [7, 11) is -4.14. The number of ether oxygens (including phenoxy) is 1. The van der Waals surface area contributed by atoms with Crippen LogP contribution in [0.4, 0.5) is 15.8 Å². The van der Waals surface area contributed by atoms with Crippen molar-refractivity contribution < 1.29 is 22.3 Å². The Morgan fingerprint density at radius 1 is 1.00 bits per heavy atom. The molecule has 0 saturated carbocycles. The molecule has 0 bridgehead atoms. The van der Waals surface area contributed by atoms with Gasteiger partial charge in [0.05, 0.1) is 17.2 Å². The lowest BCUT2D eigenvalue weighted by Gasteiger charge is -2.29. The molecule has 0 spiro atoms. The number of benzene rings is 3. The van der Waals surface area contributed by atoms with E-state index in [2.05, 4.69) is 0 Å². The summed E-state index contributed by atoms with van der Waals surface area (Å²) >= 11 is 0. The highest BCUT2D eigenvalue weighted by Gasteiger charge is 2.36. The van der Waals surface area contributed by atoms with Crippen molar-refractivity contribution in [3.05, 3.63) is 94.8 Å². The minimum Gasteiger partial charge on any atom is -0.494 e. The number of hydrogen-bond acceptors (Lipinski definition) is 5. The van der Waals surface area contributed by atoms with Crippen LogP contribution in [0, 0.1) is 12.7 Å². The Kier molecular flexibility index (Phi) is 5.37. The van der Waals surface area contributed by atoms with Gasteiger partial charge in [0, 0.05) is 17.5 Å². The highest BCUT2D eigenvalue weighted by molar-refractivity contribution is 7.96. The maximum atomic E-state index is 14.0. The highest BCUT2D eigenvalue weighted by atomic mass is 32.2. The first kappa shape index (κ1) is 20.8. The topological polar surface area (TPSA) is 63.7 Å². The predicted octanol–water partition coefficient (Wildman–Crippen LogP) is 5.18. The van der Waals surface area contributed by atoms with E-state index in [0.717, 1.165) is 17.7 Å². The molecule has 1 aliphatic heterocycles. The van der Waals surface area contributed by atoms with Crippen LogP contribution >= 0.6 is 0 Å². The molecule has 1 heterocycles. The summed E-state index contributed by atoms with van der Waals surface area (Å²) in [5, 5.41) is 0. The monoisotopic (exact) mass is 437 g/mol. The quantitative estimate of drug-likeness (QED) is 0.406. The number of carbonyl (C=O) groups excluding carboxylic acids is 1. The van der Waals surface area contributed by atoms with E-state index in [4.69, 9.17) is 4.74 Å². The lowest BCUT2D eigenvalue weighted by molar-refractivity contribution is 0.104. The summed E-state index contributed by atoms with van der Waals surface area (Å²) in [6.07, 6.45) is 1.26. The molecule has 0 atom stereocenters. The Morgan fingerprint density at radius 2 is 1.68 bits per heavy atom. The maximum Gasteiger partial charge on any atom is 0.214 e. The van der Waals surface area contributed by atoms with E-state index in [0.29, 0.717) is 18.0 Å². The first-order valence-corrected chi connectivity index (χ1v) is 11.2. The van der Waals surface area contributed by atoms with Crippen molar-refractivity contribution >= 4 is 27.0 Å². The van der Waals surface area contributed by atoms with E-state index in [9.17, 15) is 17.6 Å². The van der Waals surface area contributed by atoms with Crippen molar-refractivity contribution in [2.24, 2.45) is 0 Å². The van der Waals surface area contributed by atoms with Gasteiger partial charge in [0.15, 0.2) is 0 Å². The molecular formula is C24H20FNO4S. The zero-order chi connectivity index (χ0) is 22.2. The van der Waals surface area contributed by atoms with Gasteiger partial charge in [-0.05, 0) is 68.4 Å². The SMILES string of the molecule is CCOc1ccc(C(=O)C2=CN(c3ccc(C)cc3)c3cc(F)ccc3S2(=O)=O)cc1. The van der Waals surface area contributed by atoms with Crippen molar-refractivity contribution in [1.82, 2.24) is 0 Å². The van der Waals surface area contributed by atoms with Gasteiger partial charge in [-0.2, -0.15) is 0 Å². The fourth-order valence-electron chi connectivity index (χ4n) is 3.39. The smallest absolute Gasteiger partial charge is 0.214 e. The van der Waals surface area contributed by atoms with Crippen LogP contribution in [0.2, 0.25) is 0 Å². The molecule has 1 aliphatic rings. The minimum absolute atomic E-state index is 0.119. The molecule has 0 saturated heterocycles. The summed E-state index contributed by atoms with van der Waals surface area (Å²) < 4.78 is 45.9. The standard InChI is InChI=1S/C24H20FNO4S/c1-3-30-20-11-6-17(7-12-20)24(27)23-15-26(19-9-4-16(2)5-10-19)21-14-18(25)8-13-22(21)31(23,28)29/h4-15H,3H2,1-2H3. The Morgan fingerprint density at radius 3 is 2.32 bits per heavy atom. The molecule has 0 radical (unpaired) electrons. The second-order valence-electron chi connectivity index (χ2n) is 7.10. The van der Waals surface area contributed by atoms with E-state index in [1.54, 1.807) is 24.3 Å². The van der Waals surface area contributed by atoms with Crippen LogP contribution in [0.25, 0.3) is 0 Å². The van der Waals surface area contributed by atoms with E-state index in [1.165, 1.54) is 29.3 Å². The number of Topliss-reactive ketones (excluding diaryl/α,β-unsaturated/α-hetero) is 1. The summed E-state index contributed by atoms with van der Waals surface area (Å²) in [5.41, 5.74) is 2.01. The summed E-state index contributed by atoms with van der Waals surface area (Å²) in [6, 6.07) is 17.0. The van der Waals surface area contributed by atoms with Gasteiger partial charge in [-0.15, -0.1) is 0 Å². The van der Waals surface area contributed by atoms with Crippen molar-refractivity contribution in [3.63, 3.8) is 0 Å². The number of aryl methyl sites for hydroxylation is 1. The molecule has 7 heteroatoms. The third kappa shape index (κ3) is 3.84. The van der Waals surface area contributed by atoms with Gasteiger partial charge >= 0.3 is 0 Å². The number of sulfone groups is 1. The van der Waals surface area contributed by atoms with Crippen LogP contribution < -0.4 is 9.64 Å².